The van der Waals surface area contributed by atoms with Crippen molar-refractivity contribution in [3.05, 3.63) is 30.1 Å². The van der Waals surface area contributed by atoms with E-state index in [0.29, 0.717) is 19.1 Å². The van der Waals surface area contributed by atoms with Gasteiger partial charge in [-0.15, -0.1) is 0 Å². The molecule has 3 rings (SSSR count). The first-order chi connectivity index (χ1) is 10.8. The zero-order chi connectivity index (χ0) is 15.2. The summed E-state index contributed by atoms with van der Waals surface area (Å²) < 4.78 is 5.50. The van der Waals surface area contributed by atoms with Crippen LogP contribution in [0.2, 0.25) is 0 Å². The van der Waals surface area contributed by atoms with Crippen molar-refractivity contribution in [2.75, 3.05) is 32.8 Å². The first-order valence-electron chi connectivity index (χ1n) is 8.29. The first-order valence-corrected chi connectivity index (χ1v) is 8.29. The van der Waals surface area contributed by atoms with E-state index < -0.39 is 0 Å². The minimum absolute atomic E-state index is 0.0276. The van der Waals surface area contributed by atoms with Crippen LogP contribution in [0.25, 0.3) is 0 Å². The van der Waals surface area contributed by atoms with Gasteiger partial charge in [0.25, 0.3) is 0 Å². The smallest absolute Gasteiger partial charge is 0.228 e. The number of hydrogen-bond acceptors (Lipinski definition) is 4. The highest BCUT2D eigenvalue weighted by Crippen LogP contribution is 2.20. The second kappa shape index (κ2) is 7.70. The van der Waals surface area contributed by atoms with Gasteiger partial charge in [-0.25, -0.2) is 0 Å². The Labute approximate surface area is 132 Å². The van der Waals surface area contributed by atoms with E-state index in [9.17, 15) is 4.79 Å². The van der Waals surface area contributed by atoms with E-state index in [-0.39, 0.29) is 11.8 Å². The van der Waals surface area contributed by atoms with Crippen molar-refractivity contribution in [2.45, 2.75) is 25.8 Å². The van der Waals surface area contributed by atoms with Crippen LogP contribution in [-0.2, 0) is 16.1 Å². The Morgan fingerprint density at radius 1 is 1.45 bits per heavy atom. The number of hydrogen-bond donors (Lipinski definition) is 1. The van der Waals surface area contributed by atoms with E-state index in [4.69, 9.17) is 4.74 Å². The largest absolute Gasteiger partial charge is 0.381 e. The van der Waals surface area contributed by atoms with Crippen molar-refractivity contribution >= 4 is 5.91 Å². The van der Waals surface area contributed by atoms with Crippen LogP contribution in [0.15, 0.2) is 24.5 Å². The number of ether oxygens (including phenoxy) is 1. The van der Waals surface area contributed by atoms with Gasteiger partial charge in [0.1, 0.15) is 0 Å². The molecule has 1 N–H and O–H groups in total. The molecule has 2 fully saturated rings. The summed E-state index contributed by atoms with van der Waals surface area (Å²) in [5, 5.41) is 3.39. The Morgan fingerprint density at radius 2 is 2.41 bits per heavy atom. The molecule has 0 aliphatic carbocycles. The fourth-order valence-electron chi connectivity index (χ4n) is 3.32. The molecule has 0 radical (unpaired) electrons. The van der Waals surface area contributed by atoms with Crippen LogP contribution < -0.4 is 5.32 Å². The molecule has 5 nitrogen and oxygen atoms in total. The van der Waals surface area contributed by atoms with E-state index in [1.165, 1.54) is 0 Å². The zero-order valence-electron chi connectivity index (χ0n) is 13.0. The molecule has 22 heavy (non-hydrogen) atoms. The molecule has 1 aromatic rings. The minimum atomic E-state index is 0.0276. The lowest BCUT2D eigenvalue weighted by molar-refractivity contribution is -0.141. The summed E-state index contributed by atoms with van der Waals surface area (Å²) >= 11 is 0. The number of pyridine rings is 1. The van der Waals surface area contributed by atoms with Crippen LogP contribution in [-0.4, -0.2) is 48.6 Å². The van der Waals surface area contributed by atoms with Gasteiger partial charge in [-0.2, -0.15) is 0 Å². The lowest BCUT2D eigenvalue weighted by atomic mass is 9.99. The number of rotatable bonds is 5. The molecule has 2 aliphatic rings. The molecule has 2 aliphatic heterocycles. The second-order valence-electron chi connectivity index (χ2n) is 6.35. The third-order valence-electron chi connectivity index (χ3n) is 4.56. The van der Waals surface area contributed by atoms with Crippen molar-refractivity contribution in [3.8, 4) is 0 Å². The van der Waals surface area contributed by atoms with E-state index in [1.54, 1.807) is 6.20 Å². The number of carbonyl (C=O) groups is 1. The number of carbonyl (C=O) groups excluding carboxylic acids is 1. The molecule has 0 saturated carbocycles. The molecule has 3 heterocycles. The maximum Gasteiger partial charge on any atom is 0.228 e. The molecule has 2 atom stereocenters. The van der Waals surface area contributed by atoms with E-state index in [1.807, 2.05) is 23.2 Å². The highest BCUT2D eigenvalue weighted by atomic mass is 16.5. The zero-order valence-corrected chi connectivity index (χ0v) is 13.0. The van der Waals surface area contributed by atoms with Crippen molar-refractivity contribution in [1.29, 1.82) is 0 Å². The monoisotopic (exact) mass is 303 g/mol. The summed E-state index contributed by atoms with van der Waals surface area (Å²) in [5.74, 6) is 0.834. The fraction of sp³-hybridized carbons (Fsp3) is 0.647. The van der Waals surface area contributed by atoms with Crippen LogP contribution in [0, 0.1) is 11.8 Å². The number of nitrogens with one attached hydrogen (secondary N) is 1. The lowest BCUT2D eigenvalue weighted by Gasteiger charge is -2.31. The number of nitrogens with zero attached hydrogens (tertiary/aromatic N) is 2. The van der Waals surface area contributed by atoms with Crippen LogP contribution in [0.5, 0.6) is 0 Å². The topological polar surface area (TPSA) is 54.5 Å². The first kappa shape index (κ1) is 15.4. The van der Waals surface area contributed by atoms with Crippen molar-refractivity contribution < 1.29 is 9.53 Å². The molecule has 1 aromatic heterocycles. The molecule has 1 amide bonds. The maximum absolute atomic E-state index is 12.9. The van der Waals surface area contributed by atoms with Gasteiger partial charge in [0.05, 0.1) is 12.5 Å². The van der Waals surface area contributed by atoms with Crippen molar-refractivity contribution in [1.82, 2.24) is 15.2 Å². The van der Waals surface area contributed by atoms with E-state index in [0.717, 1.165) is 51.1 Å². The van der Waals surface area contributed by atoms with Gasteiger partial charge in [0.2, 0.25) is 5.91 Å². The summed E-state index contributed by atoms with van der Waals surface area (Å²) in [5.41, 5.74) is 1.10. The minimum Gasteiger partial charge on any atom is -0.381 e. The summed E-state index contributed by atoms with van der Waals surface area (Å²) in [6.07, 6.45) is 6.71. The number of amides is 1. The fourth-order valence-corrected chi connectivity index (χ4v) is 3.32. The third-order valence-corrected chi connectivity index (χ3v) is 4.56. The van der Waals surface area contributed by atoms with Gasteiger partial charge in [-0.05, 0) is 49.9 Å². The molecule has 0 unspecified atom stereocenters. The molecule has 120 valence electrons. The highest BCUT2D eigenvalue weighted by molar-refractivity contribution is 5.79. The Hall–Kier alpha value is -1.46. The predicted molar refractivity (Wildman–Crippen MR) is 84.2 cm³/mol. The second-order valence-corrected chi connectivity index (χ2v) is 6.35. The van der Waals surface area contributed by atoms with Gasteiger partial charge in [-0.1, -0.05) is 6.07 Å². The molecular formula is C17H25N3O2. The molecule has 0 spiro atoms. The normalized spacial score (nSPS) is 25.1. The average Bonchev–Trinajstić information content (AvgIpc) is 3.08. The Kier molecular flexibility index (Phi) is 5.40. The van der Waals surface area contributed by atoms with Gasteiger partial charge < -0.3 is 15.0 Å². The van der Waals surface area contributed by atoms with Gasteiger partial charge >= 0.3 is 0 Å². The number of aromatic nitrogens is 1. The SMILES string of the molecule is O=C([C@@H]1CCCOC1)N(Cc1cccnc1)C[C@H]1CCNC1. The van der Waals surface area contributed by atoms with E-state index >= 15 is 0 Å². The Balaban J connectivity index is 1.67. The summed E-state index contributed by atoms with van der Waals surface area (Å²) in [6.45, 7) is 4.92. The van der Waals surface area contributed by atoms with E-state index in [2.05, 4.69) is 10.3 Å². The molecular weight excluding hydrogens is 278 g/mol. The van der Waals surface area contributed by atoms with Gasteiger partial charge in [0, 0.05) is 32.1 Å². The maximum atomic E-state index is 12.9. The summed E-state index contributed by atoms with van der Waals surface area (Å²) in [6, 6.07) is 3.97. The quantitative estimate of drug-likeness (QED) is 0.894. The van der Waals surface area contributed by atoms with Crippen LogP contribution >= 0.6 is 0 Å². The average molecular weight is 303 g/mol. The lowest BCUT2D eigenvalue weighted by Crippen LogP contribution is -2.42. The summed E-state index contributed by atoms with van der Waals surface area (Å²) in [4.78, 5) is 19.1. The van der Waals surface area contributed by atoms with Gasteiger partial charge in [-0.3, -0.25) is 9.78 Å². The standard InChI is InChI=1S/C17H25N3O2/c21-17(16-4-2-8-22-13-16)20(12-15-5-7-19-10-15)11-14-3-1-6-18-9-14/h1,3,6,9,15-16,19H,2,4-5,7-8,10-13H2/t15-,16+/m0/s1. The highest BCUT2D eigenvalue weighted by Gasteiger charge is 2.29. The van der Waals surface area contributed by atoms with Crippen LogP contribution in [0.4, 0.5) is 0 Å². The summed E-state index contributed by atoms with van der Waals surface area (Å²) in [7, 11) is 0. The Bertz CT molecular complexity index is 468. The molecule has 0 aromatic carbocycles. The predicted octanol–water partition coefficient (Wildman–Crippen LogP) is 1.45. The van der Waals surface area contributed by atoms with Crippen molar-refractivity contribution in [2.24, 2.45) is 11.8 Å². The Morgan fingerprint density at radius 3 is 3.09 bits per heavy atom. The molecule has 2 saturated heterocycles. The molecule has 5 heteroatoms. The molecule has 0 bridgehead atoms. The third kappa shape index (κ3) is 4.05. The van der Waals surface area contributed by atoms with Gasteiger partial charge in [0.15, 0.2) is 0 Å². The van der Waals surface area contributed by atoms with Crippen LogP contribution in [0.3, 0.4) is 0 Å². The van der Waals surface area contributed by atoms with Crippen molar-refractivity contribution in [3.63, 3.8) is 0 Å². The van der Waals surface area contributed by atoms with Crippen LogP contribution in [0.1, 0.15) is 24.8 Å².